The SMILES string of the molecule is CC(CO)C(C)NCc1cncnc1. The molecule has 1 aromatic heterocycles. The van der Waals surface area contributed by atoms with Crippen molar-refractivity contribution in [2.24, 2.45) is 5.92 Å². The van der Waals surface area contributed by atoms with Gasteiger partial charge >= 0.3 is 0 Å². The Balaban J connectivity index is 2.34. The van der Waals surface area contributed by atoms with Gasteiger partial charge in [-0.15, -0.1) is 0 Å². The molecule has 0 spiro atoms. The van der Waals surface area contributed by atoms with E-state index in [0.717, 1.165) is 12.1 Å². The quantitative estimate of drug-likeness (QED) is 0.721. The van der Waals surface area contributed by atoms with Crippen molar-refractivity contribution in [2.45, 2.75) is 26.4 Å². The Hall–Kier alpha value is -1.00. The lowest BCUT2D eigenvalue weighted by Crippen LogP contribution is -2.33. The number of aliphatic hydroxyl groups is 1. The summed E-state index contributed by atoms with van der Waals surface area (Å²) in [6, 6.07) is 0.292. The van der Waals surface area contributed by atoms with E-state index in [1.807, 2.05) is 6.92 Å². The summed E-state index contributed by atoms with van der Waals surface area (Å²) in [7, 11) is 0. The highest BCUT2D eigenvalue weighted by Crippen LogP contribution is 2.02. The number of nitrogens with zero attached hydrogens (tertiary/aromatic N) is 2. The Bertz CT molecular complexity index is 253. The Kier molecular flexibility index (Phi) is 4.49. The predicted molar refractivity (Wildman–Crippen MR) is 54.6 cm³/mol. The van der Waals surface area contributed by atoms with E-state index in [0.29, 0.717) is 6.04 Å². The maximum atomic E-state index is 8.94. The minimum atomic E-state index is 0.208. The van der Waals surface area contributed by atoms with E-state index >= 15 is 0 Å². The van der Waals surface area contributed by atoms with Crippen LogP contribution in [0.1, 0.15) is 19.4 Å². The Morgan fingerprint density at radius 3 is 2.57 bits per heavy atom. The van der Waals surface area contributed by atoms with Crippen molar-refractivity contribution in [2.75, 3.05) is 6.61 Å². The number of aliphatic hydroxyl groups excluding tert-OH is 1. The van der Waals surface area contributed by atoms with Crippen LogP contribution in [0.5, 0.6) is 0 Å². The molecule has 0 aromatic carbocycles. The van der Waals surface area contributed by atoms with E-state index in [-0.39, 0.29) is 12.5 Å². The standard InChI is InChI=1S/C10H17N3O/c1-8(6-14)9(2)13-5-10-3-11-7-12-4-10/h3-4,7-9,13-14H,5-6H2,1-2H3. The van der Waals surface area contributed by atoms with Crippen molar-refractivity contribution in [3.05, 3.63) is 24.3 Å². The first kappa shape index (κ1) is 11.1. The molecule has 2 N–H and O–H groups in total. The maximum absolute atomic E-state index is 8.94. The fourth-order valence-electron chi connectivity index (χ4n) is 1.06. The second-order valence-electron chi connectivity index (χ2n) is 3.58. The van der Waals surface area contributed by atoms with Gasteiger partial charge in [0.05, 0.1) is 0 Å². The molecule has 0 saturated carbocycles. The summed E-state index contributed by atoms with van der Waals surface area (Å²) in [4.78, 5) is 7.85. The molecule has 0 fully saturated rings. The minimum absolute atomic E-state index is 0.208. The molecule has 0 bridgehead atoms. The van der Waals surface area contributed by atoms with Crippen LogP contribution >= 0.6 is 0 Å². The fraction of sp³-hybridized carbons (Fsp3) is 0.600. The van der Waals surface area contributed by atoms with Gasteiger partial charge in [-0.05, 0) is 12.8 Å². The van der Waals surface area contributed by atoms with Crippen LogP contribution in [0.25, 0.3) is 0 Å². The molecule has 0 radical (unpaired) electrons. The van der Waals surface area contributed by atoms with Gasteiger partial charge < -0.3 is 10.4 Å². The zero-order chi connectivity index (χ0) is 10.4. The molecule has 0 aliphatic rings. The van der Waals surface area contributed by atoms with Gasteiger partial charge in [-0.2, -0.15) is 0 Å². The van der Waals surface area contributed by atoms with Crippen LogP contribution < -0.4 is 5.32 Å². The topological polar surface area (TPSA) is 58.0 Å². The van der Waals surface area contributed by atoms with Gasteiger partial charge in [-0.1, -0.05) is 6.92 Å². The first-order valence-electron chi connectivity index (χ1n) is 4.82. The highest BCUT2D eigenvalue weighted by atomic mass is 16.3. The normalized spacial score (nSPS) is 15.1. The summed E-state index contributed by atoms with van der Waals surface area (Å²) >= 11 is 0. The maximum Gasteiger partial charge on any atom is 0.115 e. The Morgan fingerprint density at radius 1 is 1.36 bits per heavy atom. The van der Waals surface area contributed by atoms with Crippen LogP contribution in [0, 0.1) is 5.92 Å². The van der Waals surface area contributed by atoms with Gasteiger partial charge in [0.1, 0.15) is 6.33 Å². The molecule has 0 amide bonds. The molecule has 0 aliphatic carbocycles. The fourth-order valence-corrected chi connectivity index (χ4v) is 1.06. The van der Waals surface area contributed by atoms with Crippen LogP contribution in [0.2, 0.25) is 0 Å². The second kappa shape index (κ2) is 5.67. The second-order valence-corrected chi connectivity index (χ2v) is 3.58. The lowest BCUT2D eigenvalue weighted by atomic mass is 10.1. The van der Waals surface area contributed by atoms with E-state index < -0.39 is 0 Å². The van der Waals surface area contributed by atoms with Gasteiger partial charge in [0.2, 0.25) is 0 Å². The average molecular weight is 195 g/mol. The van der Waals surface area contributed by atoms with Gasteiger partial charge in [0, 0.05) is 37.2 Å². The molecule has 0 saturated heterocycles. The largest absolute Gasteiger partial charge is 0.396 e. The van der Waals surface area contributed by atoms with Crippen molar-refractivity contribution in [1.82, 2.24) is 15.3 Å². The van der Waals surface area contributed by atoms with E-state index in [1.165, 1.54) is 6.33 Å². The number of hydrogen-bond acceptors (Lipinski definition) is 4. The smallest absolute Gasteiger partial charge is 0.115 e. The first-order chi connectivity index (χ1) is 6.74. The monoisotopic (exact) mass is 195 g/mol. The molecule has 0 aliphatic heterocycles. The lowest BCUT2D eigenvalue weighted by Gasteiger charge is -2.18. The Labute approximate surface area is 84.4 Å². The molecular weight excluding hydrogens is 178 g/mol. The van der Waals surface area contributed by atoms with Gasteiger partial charge in [0.25, 0.3) is 0 Å². The third-order valence-electron chi connectivity index (χ3n) is 2.38. The van der Waals surface area contributed by atoms with Gasteiger partial charge in [-0.25, -0.2) is 9.97 Å². The molecule has 2 atom stereocenters. The zero-order valence-corrected chi connectivity index (χ0v) is 8.64. The number of aromatic nitrogens is 2. The highest BCUT2D eigenvalue weighted by Gasteiger charge is 2.09. The van der Waals surface area contributed by atoms with Crippen LogP contribution in [0.3, 0.4) is 0 Å². The predicted octanol–water partition coefficient (Wildman–Crippen LogP) is 0.583. The van der Waals surface area contributed by atoms with Gasteiger partial charge in [0.15, 0.2) is 0 Å². The van der Waals surface area contributed by atoms with E-state index in [9.17, 15) is 0 Å². The third-order valence-corrected chi connectivity index (χ3v) is 2.38. The summed E-state index contributed by atoms with van der Waals surface area (Å²) in [6.45, 7) is 5.02. The lowest BCUT2D eigenvalue weighted by molar-refractivity contribution is 0.207. The number of rotatable bonds is 5. The van der Waals surface area contributed by atoms with Crippen LogP contribution in [0.15, 0.2) is 18.7 Å². The summed E-state index contributed by atoms with van der Waals surface area (Å²) in [5.41, 5.74) is 1.06. The van der Waals surface area contributed by atoms with E-state index in [1.54, 1.807) is 12.4 Å². The zero-order valence-electron chi connectivity index (χ0n) is 8.64. The molecule has 1 aromatic rings. The summed E-state index contributed by atoms with van der Waals surface area (Å²) in [6.07, 6.45) is 5.09. The van der Waals surface area contributed by atoms with Crippen LogP contribution in [-0.2, 0) is 6.54 Å². The number of hydrogen-bond donors (Lipinski definition) is 2. The summed E-state index contributed by atoms with van der Waals surface area (Å²) in [5, 5.41) is 12.2. The highest BCUT2D eigenvalue weighted by molar-refractivity contribution is 5.01. The molecule has 2 unspecified atom stereocenters. The molecule has 4 heteroatoms. The van der Waals surface area contributed by atoms with E-state index in [2.05, 4.69) is 22.2 Å². The summed E-state index contributed by atoms with van der Waals surface area (Å²) < 4.78 is 0. The molecular formula is C10H17N3O. The van der Waals surface area contributed by atoms with Crippen LogP contribution in [0.4, 0.5) is 0 Å². The first-order valence-corrected chi connectivity index (χ1v) is 4.82. The third kappa shape index (κ3) is 3.40. The van der Waals surface area contributed by atoms with Crippen molar-refractivity contribution in [3.8, 4) is 0 Å². The van der Waals surface area contributed by atoms with Crippen molar-refractivity contribution in [1.29, 1.82) is 0 Å². The van der Waals surface area contributed by atoms with Crippen molar-refractivity contribution >= 4 is 0 Å². The average Bonchev–Trinajstić information content (AvgIpc) is 2.26. The summed E-state index contributed by atoms with van der Waals surface area (Å²) in [5.74, 6) is 0.264. The molecule has 1 heterocycles. The molecule has 78 valence electrons. The van der Waals surface area contributed by atoms with Crippen molar-refractivity contribution < 1.29 is 5.11 Å². The van der Waals surface area contributed by atoms with Gasteiger partial charge in [-0.3, -0.25) is 0 Å². The van der Waals surface area contributed by atoms with E-state index in [4.69, 9.17) is 5.11 Å². The molecule has 4 nitrogen and oxygen atoms in total. The molecule has 14 heavy (non-hydrogen) atoms. The van der Waals surface area contributed by atoms with Crippen LogP contribution in [-0.4, -0.2) is 27.7 Å². The molecule has 1 rings (SSSR count). The number of nitrogens with one attached hydrogen (secondary N) is 1. The van der Waals surface area contributed by atoms with Crippen molar-refractivity contribution in [3.63, 3.8) is 0 Å². The minimum Gasteiger partial charge on any atom is -0.396 e. The Morgan fingerprint density at radius 2 is 2.00 bits per heavy atom.